The van der Waals surface area contributed by atoms with Crippen LogP contribution in [0.5, 0.6) is 5.75 Å². The van der Waals surface area contributed by atoms with E-state index in [0.717, 1.165) is 6.42 Å². The summed E-state index contributed by atoms with van der Waals surface area (Å²) in [5.74, 6) is 0.378. The molecule has 0 aliphatic carbocycles. The van der Waals surface area contributed by atoms with Crippen LogP contribution in [0, 0.1) is 0 Å². The van der Waals surface area contributed by atoms with Gasteiger partial charge in [-0.3, -0.25) is 4.79 Å². The number of carbonyl (C=O) groups excluding carboxylic acids is 2. The summed E-state index contributed by atoms with van der Waals surface area (Å²) in [6.45, 7) is 4.08. The summed E-state index contributed by atoms with van der Waals surface area (Å²) in [6, 6.07) is 9.83. The first-order chi connectivity index (χ1) is 11.6. The predicted octanol–water partition coefficient (Wildman–Crippen LogP) is 3.10. The number of furan rings is 1. The SMILES string of the molecule is CCCOc1ccc(C(=O)OCC(=O)N[C@@H](C)c2ccco2)cc1. The molecule has 0 saturated heterocycles. The maximum atomic E-state index is 11.9. The van der Waals surface area contributed by atoms with Gasteiger partial charge in [-0.1, -0.05) is 6.92 Å². The van der Waals surface area contributed by atoms with Crippen LogP contribution < -0.4 is 10.1 Å². The van der Waals surface area contributed by atoms with Gasteiger partial charge in [0.25, 0.3) is 5.91 Å². The molecule has 0 radical (unpaired) electrons. The molecule has 1 N–H and O–H groups in total. The van der Waals surface area contributed by atoms with Crippen LogP contribution in [-0.2, 0) is 9.53 Å². The van der Waals surface area contributed by atoms with E-state index in [4.69, 9.17) is 13.9 Å². The summed E-state index contributed by atoms with van der Waals surface area (Å²) in [7, 11) is 0. The molecular formula is C18H21NO5. The number of nitrogens with one attached hydrogen (secondary N) is 1. The van der Waals surface area contributed by atoms with Gasteiger partial charge in [0.05, 0.1) is 24.5 Å². The first-order valence-electron chi connectivity index (χ1n) is 7.83. The molecule has 2 rings (SSSR count). The number of hydrogen-bond donors (Lipinski definition) is 1. The largest absolute Gasteiger partial charge is 0.494 e. The summed E-state index contributed by atoms with van der Waals surface area (Å²) in [6.07, 6.45) is 2.45. The van der Waals surface area contributed by atoms with Crippen LogP contribution in [0.4, 0.5) is 0 Å². The second kappa shape index (κ2) is 8.76. The van der Waals surface area contributed by atoms with Gasteiger partial charge in [-0.25, -0.2) is 4.79 Å². The van der Waals surface area contributed by atoms with Crippen LogP contribution in [0.3, 0.4) is 0 Å². The Kier molecular flexibility index (Phi) is 6.42. The van der Waals surface area contributed by atoms with E-state index in [1.165, 1.54) is 6.26 Å². The van der Waals surface area contributed by atoms with Crippen molar-refractivity contribution in [3.05, 3.63) is 54.0 Å². The number of benzene rings is 1. The van der Waals surface area contributed by atoms with Gasteiger partial charge in [-0.2, -0.15) is 0 Å². The van der Waals surface area contributed by atoms with Crippen molar-refractivity contribution in [2.45, 2.75) is 26.3 Å². The summed E-state index contributed by atoms with van der Waals surface area (Å²) in [4.78, 5) is 23.7. The molecule has 0 fully saturated rings. The lowest BCUT2D eigenvalue weighted by Crippen LogP contribution is -2.30. The first-order valence-corrected chi connectivity index (χ1v) is 7.83. The minimum absolute atomic E-state index is 0.291. The van der Waals surface area contributed by atoms with Crippen molar-refractivity contribution in [2.75, 3.05) is 13.2 Å². The molecule has 0 spiro atoms. The van der Waals surface area contributed by atoms with Crippen LogP contribution in [0.15, 0.2) is 47.1 Å². The van der Waals surface area contributed by atoms with Gasteiger partial charge >= 0.3 is 5.97 Å². The number of carbonyl (C=O) groups is 2. The van der Waals surface area contributed by atoms with E-state index in [9.17, 15) is 9.59 Å². The molecule has 6 heteroatoms. The van der Waals surface area contributed by atoms with E-state index in [1.54, 1.807) is 43.3 Å². The molecule has 1 amide bonds. The highest BCUT2D eigenvalue weighted by Gasteiger charge is 2.14. The lowest BCUT2D eigenvalue weighted by atomic mass is 10.2. The van der Waals surface area contributed by atoms with E-state index in [2.05, 4.69) is 5.32 Å². The fourth-order valence-electron chi connectivity index (χ4n) is 2.01. The van der Waals surface area contributed by atoms with Gasteiger partial charge in [-0.05, 0) is 49.7 Å². The van der Waals surface area contributed by atoms with Crippen molar-refractivity contribution >= 4 is 11.9 Å². The van der Waals surface area contributed by atoms with E-state index in [-0.39, 0.29) is 12.6 Å². The molecule has 1 heterocycles. The molecule has 0 aliphatic rings. The van der Waals surface area contributed by atoms with Gasteiger partial charge in [0, 0.05) is 0 Å². The second-order valence-corrected chi connectivity index (χ2v) is 5.25. The highest BCUT2D eigenvalue weighted by Crippen LogP contribution is 2.14. The van der Waals surface area contributed by atoms with Crippen LogP contribution in [0.2, 0.25) is 0 Å². The molecule has 1 aromatic carbocycles. The minimum Gasteiger partial charge on any atom is -0.494 e. The fraction of sp³-hybridized carbons (Fsp3) is 0.333. The maximum Gasteiger partial charge on any atom is 0.338 e. The Balaban J connectivity index is 1.78. The van der Waals surface area contributed by atoms with Crippen molar-refractivity contribution < 1.29 is 23.5 Å². The highest BCUT2D eigenvalue weighted by molar-refractivity contribution is 5.91. The van der Waals surface area contributed by atoms with Gasteiger partial charge in [0.1, 0.15) is 11.5 Å². The number of ether oxygens (including phenoxy) is 2. The van der Waals surface area contributed by atoms with Gasteiger partial charge in [0.2, 0.25) is 0 Å². The molecule has 128 valence electrons. The van der Waals surface area contributed by atoms with Crippen LogP contribution in [0.25, 0.3) is 0 Å². The van der Waals surface area contributed by atoms with Crippen molar-refractivity contribution in [3.63, 3.8) is 0 Å². The third-order valence-electron chi connectivity index (χ3n) is 3.24. The standard InChI is InChI=1S/C18H21NO5/c1-3-10-22-15-8-6-14(7-9-15)18(21)24-12-17(20)19-13(2)16-5-4-11-23-16/h4-9,11,13H,3,10,12H2,1-2H3,(H,19,20)/t13-/m0/s1. The second-order valence-electron chi connectivity index (χ2n) is 5.25. The highest BCUT2D eigenvalue weighted by atomic mass is 16.5. The Hall–Kier alpha value is -2.76. The van der Waals surface area contributed by atoms with Gasteiger partial charge in [-0.15, -0.1) is 0 Å². The summed E-state index contributed by atoms with van der Waals surface area (Å²) < 4.78 is 15.6. The van der Waals surface area contributed by atoms with Crippen molar-refractivity contribution in [1.82, 2.24) is 5.32 Å². The fourth-order valence-corrected chi connectivity index (χ4v) is 2.01. The predicted molar refractivity (Wildman–Crippen MR) is 87.8 cm³/mol. The van der Waals surface area contributed by atoms with Crippen molar-refractivity contribution in [1.29, 1.82) is 0 Å². The number of amides is 1. The normalized spacial score (nSPS) is 11.6. The Morgan fingerprint density at radius 3 is 2.58 bits per heavy atom. The smallest absolute Gasteiger partial charge is 0.338 e. The number of esters is 1. The minimum atomic E-state index is -0.558. The summed E-state index contributed by atoms with van der Waals surface area (Å²) in [5.41, 5.74) is 0.366. The molecule has 1 aromatic heterocycles. The van der Waals surface area contributed by atoms with Crippen LogP contribution >= 0.6 is 0 Å². The van der Waals surface area contributed by atoms with Crippen LogP contribution in [0.1, 0.15) is 42.4 Å². The van der Waals surface area contributed by atoms with Crippen molar-refractivity contribution in [2.24, 2.45) is 0 Å². The Labute approximate surface area is 140 Å². The van der Waals surface area contributed by atoms with Gasteiger partial charge in [0.15, 0.2) is 6.61 Å². The first kappa shape index (κ1) is 17.6. The Bertz CT molecular complexity index is 649. The third kappa shape index (κ3) is 5.15. The molecule has 6 nitrogen and oxygen atoms in total. The maximum absolute atomic E-state index is 11.9. The Morgan fingerprint density at radius 1 is 1.21 bits per heavy atom. The van der Waals surface area contributed by atoms with E-state index < -0.39 is 11.9 Å². The van der Waals surface area contributed by atoms with E-state index in [1.807, 2.05) is 6.92 Å². The molecule has 0 bridgehead atoms. The Morgan fingerprint density at radius 2 is 1.96 bits per heavy atom. The van der Waals surface area contributed by atoms with E-state index >= 15 is 0 Å². The number of hydrogen-bond acceptors (Lipinski definition) is 5. The topological polar surface area (TPSA) is 77.8 Å². The molecule has 0 saturated carbocycles. The zero-order valence-electron chi connectivity index (χ0n) is 13.8. The molecule has 0 unspecified atom stereocenters. The van der Waals surface area contributed by atoms with E-state index in [0.29, 0.717) is 23.7 Å². The molecule has 2 aromatic rings. The summed E-state index contributed by atoms with van der Waals surface area (Å²) in [5, 5.41) is 2.69. The zero-order chi connectivity index (χ0) is 17.4. The van der Waals surface area contributed by atoms with Crippen molar-refractivity contribution in [3.8, 4) is 5.75 Å². The lowest BCUT2D eigenvalue weighted by Gasteiger charge is -2.11. The average molecular weight is 331 g/mol. The van der Waals surface area contributed by atoms with Crippen LogP contribution in [-0.4, -0.2) is 25.1 Å². The summed E-state index contributed by atoms with van der Waals surface area (Å²) >= 11 is 0. The third-order valence-corrected chi connectivity index (χ3v) is 3.24. The quantitative estimate of drug-likeness (QED) is 0.752. The number of rotatable bonds is 8. The average Bonchev–Trinajstić information content (AvgIpc) is 3.13. The lowest BCUT2D eigenvalue weighted by molar-refractivity contribution is -0.125. The molecule has 24 heavy (non-hydrogen) atoms. The van der Waals surface area contributed by atoms with Gasteiger partial charge < -0.3 is 19.2 Å². The molecule has 0 aliphatic heterocycles. The molecule has 1 atom stereocenters. The zero-order valence-corrected chi connectivity index (χ0v) is 13.8. The monoisotopic (exact) mass is 331 g/mol. The molecular weight excluding hydrogens is 310 g/mol.